The molecule has 0 saturated carbocycles. The minimum atomic E-state index is -0.196. The molecule has 1 aromatic heterocycles. The highest BCUT2D eigenvalue weighted by molar-refractivity contribution is 5.96. The normalized spacial score (nSPS) is 10.1. The first-order valence-corrected chi connectivity index (χ1v) is 4.10. The molecule has 1 rings (SSSR count). The van der Waals surface area contributed by atoms with Crippen LogP contribution in [0.1, 0.15) is 21.7 Å². The molecule has 72 valence electrons. The molecule has 2 N–H and O–H groups in total. The maximum Gasteiger partial charge on any atom is 0.255 e. The van der Waals surface area contributed by atoms with Crippen LogP contribution < -0.4 is 5.32 Å². The number of amides is 1. The molecule has 1 heterocycles. The molecule has 0 radical (unpaired) electrons. The van der Waals surface area contributed by atoms with Crippen LogP contribution in [0, 0.1) is 13.8 Å². The second kappa shape index (κ2) is 4.09. The van der Waals surface area contributed by atoms with Gasteiger partial charge in [-0.1, -0.05) is 0 Å². The number of furan rings is 1. The van der Waals surface area contributed by atoms with Crippen LogP contribution in [-0.2, 0) is 0 Å². The van der Waals surface area contributed by atoms with Gasteiger partial charge in [0.1, 0.15) is 5.76 Å². The third-order valence-corrected chi connectivity index (χ3v) is 1.78. The zero-order valence-corrected chi connectivity index (χ0v) is 7.76. The first kappa shape index (κ1) is 9.80. The Morgan fingerprint density at radius 1 is 1.62 bits per heavy atom. The fraction of sp³-hybridized carbons (Fsp3) is 0.444. The van der Waals surface area contributed by atoms with Gasteiger partial charge in [-0.2, -0.15) is 0 Å². The highest BCUT2D eigenvalue weighted by Crippen LogP contribution is 2.14. The molecule has 0 aliphatic carbocycles. The molecule has 0 aliphatic rings. The van der Waals surface area contributed by atoms with E-state index in [2.05, 4.69) is 5.32 Å². The van der Waals surface area contributed by atoms with Crippen molar-refractivity contribution < 1.29 is 14.3 Å². The Morgan fingerprint density at radius 2 is 2.31 bits per heavy atom. The highest BCUT2D eigenvalue weighted by Gasteiger charge is 2.14. The summed E-state index contributed by atoms with van der Waals surface area (Å²) >= 11 is 0. The van der Waals surface area contributed by atoms with Gasteiger partial charge >= 0.3 is 0 Å². The van der Waals surface area contributed by atoms with Gasteiger partial charge in [0.2, 0.25) is 0 Å². The van der Waals surface area contributed by atoms with Gasteiger partial charge in [-0.25, -0.2) is 0 Å². The van der Waals surface area contributed by atoms with Crippen LogP contribution in [0.15, 0.2) is 10.7 Å². The summed E-state index contributed by atoms with van der Waals surface area (Å²) in [6, 6.07) is 0. The predicted molar refractivity (Wildman–Crippen MR) is 47.6 cm³/mol. The SMILES string of the molecule is Cc1coc(C)c1C(=O)NCCO. The van der Waals surface area contributed by atoms with Gasteiger partial charge < -0.3 is 14.8 Å². The molecule has 1 amide bonds. The van der Waals surface area contributed by atoms with Gasteiger partial charge in [-0.05, 0) is 13.8 Å². The van der Waals surface area contributed by atoms with Gasteiger partial charge in [-0.15, -0.1) is 0 Å². The lowest BCUT2D eigenvalue weighted by atomic mass is 10.1. The largest absolute Gasteiger partial charge is 0.469 e. The smallest absolute Gasteiger partial charge is 0.255 e. The van der Waals surface area contributed by atoms with Crippen molar-refractivity contribution in [3.8, 4) is 0 Å². The van der Waals surface area contributed by atoms with Crippen molar-refractivity contribution in [2.75, 3.05) is 13.2 Å². The number of aliphatic hydroxyl groups is 1. The van der Waals surface area contributed by atoms with Crippen molar-refractivity contribution in [2.45, 2.75) is 13.8 Å². The number of aliphatic hydroxyl groups excluding tert-OH is 1. The first-order valence-electron chi connectivity index (χ1n) is 4.10. The van der Waals surface area contributed by atoms with Crippen molar-refractivity contribution in [1.82, 2.24) is 5.32 Å². The molecule has 0 saturated heterocycles. The van der Waals surface area contributed by atoms with Crippen molar-refractivity contribution >= 4 is 5.91 Å². The van der Waals surface area contributed by atoms with Crippen molar-refractivity contribution in [3.05, 3.63) is 23.2 Å². The van der Waals surface area contributed by atoms with Crippen LogP contribution >= 0.6 is 0 Å². The summed E-state index contributed by atoms with van der Waals surface area (Å²) in [5.41, 5.74) is 1.38. The van der Waals surface area contributed by atoms with Gasteiger partial charge in [0.25, 0.3) is 5.91 Å². The van der Waals surface area contributed by atoms with E-state index >= 15 is 0 Å². The maximum atomic E-state index is 11.4. The lowest BCUT2D eigenvalue weighted by Crippen LogP contribution is -2.27. The fourth-order valence-electron chi connectivity index (χ4n) is 1.17. The maximum absolute atomic E-state index is 11.4. The van der Waals surface area contributed by atoms with Crippen LogP contribution in [0.3, 0.4) is 0 Å². The predicted octanol–water partition coefficient (Wildman–Crippen LogP) is 0.619. The molecule has 1 aromatic rings. The topological polar surface area (TPSA) is 62.5 Å². The van der Waals surface area contributed by atoms with Gasteiger partial charge in [0.05, 0.1) is 18.4 Å². The van der Waals surface area contributed by atoms with Crippen molar-refractivity contribution in [3.63, 3.8) is 0 Å². The average molecular weight is 183 g/mol. The second-order valence-electron chi connectivity index (χ2n) is 2.83. The molecule has 0 bridgehead atoms. The first-order chi connectivity index (χ1) is 6.16. The lowest BCUT2D eigenvalue weighted by Gasteiger charge is -2.02. The summed E-state index contributed by atoms with van der Waals surface area (Å²) in [4.78, 5) is 11.4. The van der Waals surface area contributed by atoms with Gasteiger partial charge in [-0.3, -0.25) is 4.79 Å². The van der Waals surface area contributed by atoms with E-state index in [4.69, 9.17) is 9.52 Å². The summed E-state index contributed by atoms with van der Waals surface area (Å²) in [7, 11) is 0. The van der Waals surface area contributed by atoms with E-state index in [1.165, 1.54) is 0 Å². The Kier molecular flexibility index (Phi) is 3.08. The molecule has 0 aromatic carbocycles. The zero-order valence-electron chi connectivity index (χ0n) is 7.76. The minimum Gasteiger partial charge on any atom is -0.469 e. The van der Waals surface area contributed by atoms with E-state index in [1.54, 1.807) is 13.2 Å². The molecule has 0 fully saturated rings. The number of rotatable bonds is 3. The van der Waals surface area contributed by atoms with Crippen LogP contribution in [0.4, 0.5) is 0 Å². The van der Waals surface area contributed by atoms with Crippen molar-refractivity contribution in [2.24, 2.45) is 0 Å². The average Bonchev–Trinajstić information content (AvgIpc) is 2.42. The Hall–Kier alpha value is -1.29. The number of carbonyl (C=O) groups is 1. The summed E-state index contributed by atoms with van der Waals surface area (Å²) in [6.07, 6.45) is 1.54. The molecular formula is C9H13NO3. The molecule has 4 heteroatoms. The lowest BCUT2D eigenvalue weighted by molar-refractivity contribution is 0.0942. The Balaban J connectivity index is 2.76. The summed E-state index contributed by atoms with van der Waals surface area (Å²) in [6.45, 7) is 3.76. The van der Waals surface area contributed by atoms with Gasteiger partial charge in [0, 0.05) is 12.1 Å². The summed E-state index contributed by atoms with van der Waals surface area (Å²) < 4.78 is 5.07. The Bertz CT molecular complexity index is 284. The van der Waals surface area contributed by atoms with Gasteiger partial charge in [0.15, 0.2) is 0 Å². The van der Waals surface area contributed by atoms with Crippen LogP contribution in [0.5, 0.6) is 0 Å². The second-order valence-corrected chi connectivity index (χ2v) is 2.83. The number of aryl methyl sites for hydroxylation is 2. The molecule has 13 heavy (non-hydrogen) atoms. The van der Waals surface area contributed by atoms with E-state index < -0.39 is 0 Å². The summed E-state index contributed by atoms with van der Waals surface area (Å²) in [5, 5.41) is 11.1. The monoisotopic (exact) mass is 183 g/mol. The molecule has 0 atom stereocenters. The summed E-state index contributed by atoms with van der Waals surface area (Å²) in [5.74, 6) is 0.408. The molecule has 4 nitrogen and oxygen atoms in total. The zero-order chi connectivity index (χ0) is 9.84. The third kappa shape index (κ3) is 2.09. The number of nitrogens with one attached hydrogen (secondary N) is 1. The highest BCUT2D eigenvalue weighted by atomic mass is 16.3. The van der Waals surface area contributed by atoms with E-state index in [1.807, 2.05) is 6.92 Å². The van der Waals surface area contributed by atoms with Crippen molar-refractivity contribution in [1.29, 1.82) is 0 Å². The number of carbonyl (C=O) groups excluding carboxylic acids is 1. The quantitative estimate of drug-likeness (QED) is 0.722. The van der Waals surface area contributed by atoms with Crippen LogP contribution in [0.2, 0.25) is 0 Å². The molecule has 0 aliphatic heterocycles. The molecule has 0 spiro atoms. The van der Waals surface area contributed by atoms with E-state index in [0.29, 0.717) is 11.3 Å². The fourth-order valence-corrected chi connectivity index (χ4v) is 1.17. The Labute approximate surface area is 76.6 Å². The number of hydrogen-bond donors (Lipinski definition) is 2. The van der Waals surface area contributed by atoms with E-state index in [0.717, 1.165) is 5.56 Å². The van der Waals surface area contributed by atoms with E-state index in [9.17, 15) is 4.79 Å². The minimum absolute atomic E-state index is 0.0539. The Morgan fingerprint density at radius 3 is 2.77 bits per heavy atom. The standard InChI is InChI=1S/C9H13NO3/c1-6-5-13-7(2)8(6)9(12)10-3-4-11/h5,11H,3-4H2,1-2H3,(H,10,12). The number of hydrogen-bond acceptors (Lipinski definition) is 3. The van der Waals surface area contributed by atoms with Crippen LogP contribution in [-0.4, -0.2) is 24.2 Å². The molecule has 0 unspecified atom stereocenters. The molecular weight excluding hydrogens is 170 g/mol. The van der Waals surface area contributed by atoms with Crippen LogP contribution in [0.25, 0.3) is 0 Å². The van der Waals surface area contributed by atoms with E-state index in [-0.39, 0.29) is 19.1 Å². The third-order valence-electron chi connectivity index (χ3n) is 1.78.